The molecule has 0 aliphatic heterocycles. The van der Waals surface area contributed by atoms with Gasteiger partial charge >= 0.3 is 0 Å². The normalized spacial score (nSPS) is 10.7. The van der Waals surface area contributed by atoms with E-state index in [0.29, 0.717) is 17.5 Å². The van der Waals surface area contributed by atoms with Crippen LogP contribution in [0.1, 0.15) is 18.1 Å². The molecule has 0 spiro atoms. The second kappa shape index (κ2) is 6.17. The predicted molar refractivity (Wildman–Crippen MR) is 94.8 cm³/mol. The molecule has 0 amide bonds. The molecule has 2 heteroatoms. The Morgan fingerprint density at radius 3 is 1.65 bits per heavy atom. The largest absolute Gasteiger partial charge is 0.507 e. The number of aromatic hydroxyl groups is 2. The third-order valence-electron chi connectivity index (χ3n) is 4.27. The van der Waals surface area contributed by atoms with Crippen molar-refractivity contribution in [2.45, 2.75) is 20.3 Å². The van der Waals surface area contributed by atoms with Crippen LogP contribution in [0.5, 0.6) is 11.5 Å². The molecule has 23 heavy (non-hydrogen) atoms. The van der Waals surface area contributed by atoms with Crippen LogP contribution in [0.2, 0.25) is 0 Å². The molecule has 3 rings (SSSR count). The van der Waals surface area contributed by atoms with Crippen LogP contribution in [0.25, 0.3) is 22.3 Å². The maximum absolute atomic E-state index is 11.0. The summed E-state index contributed by atoms with van der Waals surface area (Å²) < 4.78 is 0. The monoisotopic (exact) mass is 304 g/mol. The van der Waals surface area contributed by atoms with Crippen LogP contribution >= 0.6 is 0 Å². The molecule has 0 aromatic heterocycles. The van der Waals surface area contributed by atoms with E-state index in [1.54, 1.807) is 0 Å². The van der Waals surface area contributed by atoms with E-state index in [1.165, 1.54) is 0 Å². The Hall–Kier alpha value is -2.74. The molecule has 0 saturated carbocycles. The summed E-state index contributed by atoms with van der Waals surface area (Å²) in [6.45, 7) is 3.84. The molecule has 0 saturated heterocycles. The van der Waals surface area contributed by atoms with Crippen LogP contribution < -0.4 is 0 Å². The summed E-state index contributed by atoms with van der Waals surface area (Å²) in [4.78, 5) is 0. The highest BCUT2D eigenvalue weighted by Crippen LogP contribution is 2.47. The minimum atomic E-state index is 0.231. The van der Waals surface area contributed by atoms with Crippen molar-refractivity contribution in [2.75, 3.05) is 0 Å². The van der Waals surface area contributed by atoms with Crippen LogP contribution in [0.15, 0.2) is 60.7 Å². The van der Waals surface area contributed by atoms with Gasteiger partial charge in [0.1, 0.15) is 11.5 Å². The molecule has 3 aromatic rings. The summed E-state index contributed by atoms with van der Waals surface area (Å²) in [6.07, 6.45) is 0.652. The van der Waals surface area contributed by atoms with Crippen LogP contribution in [-0.2, 0) is 6.42 Å². The molecular weight excluding hydrogens is 284 g/mol. The lowest BCUT2D eigenvalue weighted by Gasteiger charge is -2.19. The summed E-state index contributed by atoms with van der Waals surface area (Å²) in [5.74, 6) is 0.498. The third kappa shape index (κ3) is 2.57. The zero-order valence-electron chi connectivity index (χ0n) is 13.4. The number of rotatable bonds is 3. The standard InChI is InChI=1S/C21H20O2/c1-3-17-19(16-12-8-5-9-13-16)21(23)18(14(2)20(17)22)15-10-6-4-7-11-15/h4-13,22-23H,3H2,1-2H3. The highest BCUT2D eigenvalue weighted by Gasteiger charge is 2.22. The molecule has 3 aromatic carbocycles. The van der Waals surface area contributed by atoms with E-state index >= 15 is 0 Å². The SMILES string of the molecule is CCc1c(O)c(C)c(-c2ccccc2)c(O)c1-c1ccccc1. The first-order valence-electron chi connectivity index (χ1n) is 7.83. The number of phenolic OH excluding ortho intramolecular Hbond substituents is 2. The highest BCUT2D eigenvalue weighted by molar-refractivity contribution is 5.88. The Kier molecular flexibility index (Phi) is 4.07. The first-order valence-corrected chi connectivity index (χ1v) is 7.83. The van der Waals surface area contributed by atoms with E-state index in [1.807, 2.05) is 74.5 Å². The molecule has 2 nitrogen and oxygen atoms in total. The molecule has 0 heterocycles. The van der Waals surface area contributed by atoms with Crippen LogP contribution in [0.3, 0.4) is 0 Å². The topological polar surface area (TPSA) is 40.5 Å². The van der Waals surface area contributed by atoms with Crippen molar-refractivity contribution in [3.63, 3.8) is 0 Å². The van der Waals surface area contributed by atoms with Crippen molar-refractivity contribution in [2.24, 2.45) is 0 Å². The number of benzene rings is 3. The van der Waals surface area contributed by atoms with Gasteiger partial charge in [-0.05, 0) is 24.5 Å². The maximum atomic E-state index is 11.0. The summed E-state index contributed by atoms with van der Waals surface area (Å²) in [6, 6.07) is 19.4. The van der Waals surface area contributed by atoms with Crippen molar-refractivity contribution in [3.8, 4) is 33.8 Å². The Bertz CT molecular complexity index is 822. The molecule has 0 atom stereocenters. The number of hydrogen-bond donors (Lipinski definition) is 2. The third-order valence-corrected chi connectivity index (χ3v) is 4.27. The first-order chi connectivity index (χ1) is 11.1. The van der Waals surface area contributed by atoms with Crippen molar-refractivity contribution in [3.05, 3.63) is 71.8 Å². The maximum Gasteiger partial charge on any atom is 0.132 e. The summed E-state index contributed by atoms with van der Waals surface area (Å²) in [5, 5.41) is 21.7. The van der Waals surface area contributed by atoms with Crippen molar-refractivity contribution >= 4 is 0 Å². The van der Waals surface area contributed by atoms with Gasteiger partial charge in [-0.1, -0.05) is 67.6 Å². The van der Waals surface area contributed by atoms with E-state index in [0.717, 1.165) is 22.3 Å². The molecule has 0 bridgehead atoms. The lowest BCUT2D eigenvalue weighted by atomic mass is 9.88. The van der Waals surface area contributed by atoms with Gasteiger partial charge in [-0.3, -0.25) is 0 Å². The lowest BCUT2D eigenvalue weighted by molar-refractivity contribution is 0.454. The van der Waals surface area contributed by atoms with E-state index in [2.05, 4.69) is 0 Å². The van der Waals surface area contributed by atoms with Gasteiger partial charge in [0.05, 0.1) is 0 Å². The smallest absolute Gasteiger partial charge is 0.132 e. The zero-order valence-corrected chi connectivity index (χ0v) is 13.4. The van der Waals surface area contributed by atoms with Gasteiger partial charge in [-0.25, -0.2) is 0 Å². The average molecular weight is 304 g/mol. The Labute approximate surface area is 136 Å². The quantitative estimate of drug-likeness (QED) is 0.644. The Morgan fingerprint density at radius 2 is 1.17 bits per heavy atom. The molecular formula is C21H20O2. The fourth-order valence-electron chi connectivity index (χ4n) is 3.13. The molecule has 0 aliphatic carbocycles. The number of phenols is 2. The van der Waals surface area contributed by atoms with Gasteiger partial charge in [0, 0.05) is 22.3 Å². The molecule has 0 aliphatic rings. The van der Waals surface area contributed by atoms with Crippen LogP contribution in [0, 0.1) is 6.92 Å². The molecule has 0 unspecified atom stereocenters. The van der Waals surface area contributed by atoms with Gasteiger partial charge in [0.25, 0.3) is 0 Å². The summed E-state index contributed by atoms with van der Waals surface area (Å²) >= 11 is 0. The minimum absolute atomic E-state index is 0.231. The predicted octanol–water partition coefficient (Wildman–Crippen LogP) is 5.30. The van der Waals surface area contributed by atoms with Crippen LogP contribution in [-0.4, -0.2) is 10.2 Å². The van der Waals surface area contributed by atoms with E-state index in [9.17, 15) is 10.2 Å². The van der Waals surface area contributed by atoms with E-state index < -0.39 is 0 Å². The minimum Gasteiger partial charge on any atom is -0.507 e. The summed E-state index contributed by atoms with van der Waals surface area (Å²) in [5.41, 5.74) is 4.72. The van der Waals surface area contributed by atoms with E-state index in [4.69, 9.17) is 0 Å². The Morgan fingerprint density at radius 1 is 0.696 bits per heavy atom. The molecule has 0 fully saturated rings. The van der Waals surface area contributed by atoms with Gasteiger partial charge in [0.2, 0.25) is 0 Å². The van der Waals surface area contributed by atoms with Crippen molar-refractivity contribution in [1.82, 2.24) is 0 Å². The van der Waals surface area contributed by atoms with Crippen LogP contribution in [0.4, 0.5) is 0 Å². The lowest BCUT2D eigenvalue weighted by Crippen LogP contribution is -1.96. The van der Waals surface area contributed by atoms with Gasteiger partial charge in [0.15, 0.2) is 0 Å². The fraction of sp³-hybridized carbons (Fsp3) is 0.143. The molecule has 0 radical (unpaired) electrons. The highest BCUT2D eigenvalue weighted by atomic mass is 16.3. The second-order valence-corrected chi connectivity index (χ2v) is 5.64. The Balaban J connectivity index is 2.38. The average Bonchev–Trinajstić information content (AvgIpc) is 2.59. The summed E-state index contributed by atoms with van der Waals surface area (Å²) in [7, 11) is 0. The number of hydrogen-bond acceptors (Lipinski definition) is 2. The van der Waals surface area contributed by atoms with Gasteiger partial charge < -0.3 is 10.2 Å². The van der Waals surface area contributed by atoms with Crippen molar-refractivity contribution < 1.29 is 10.2 Å². The van der Waals surface area contributed by atoms with Gasteiger partial charge in [-0.2, -0.15) is 0 Å². The molecule has 116 valence electrons. The van der Waals surface area contributed by atoms with Gasteiger partial charge in [-0.15, -0.1) is 0 Å². The first kappa shape index (κ1) is 15.2. The zero-order chi connectivity index (χ0) is 16.4. The van der Waals surface area contributed by atoms with Crippen molar-refractivity contribution in [1.29, 1.82) is 0 Å². The van der Waals surface area contributed by atoms with E-state index in [-0.39, 0.29) is 11.5 Å². The fourth-order valence-corrected chi connectivity index (χ4v) is 3.13. The molecule has 2 N–H and O–H groups in total. The second-order valence-electron chi connectivity index (χ2n) is 5.64.